The molecule has 1 N–H and O–H groups in total. The van der Waals surface area contributed by atoms with Crippen LogP contribution in [0.25, 0.3) is 0 Å². The van der Waals surface area contributed by atoms with Gasteiger partial charge in [0.05, 0.1) is 17.9 Å². The van der Waals surface area contributed by atoms with E-state index in [1.165, 1.54) is 0 Å². The third-order valence-corrected chi connectivity index (χ3v) is 3.11. The molecule has 1 aromatic carbocycles. The molecule has 1 fully saturated rings. The molecule has 0 aliphatic heterocycles. The maximum atomic E-state index is 5.80. The lowest BCUT2D eigenvalue weighted by Gasteiger charge is -2.36. The molecule has 0 radical (unpaired) electrons. The van der Waals surface area contributed by atoms with Crippen LogP contribution in [0.1, 0.15) is 33.6 Å². The summed E-state index contributed by atoms with van der Waals surface area (Å²) in [6.45, 7) is 6.95. The van der Waals surface area contributed by atoms with Gasteiger partial charge in [0.1, 0.15) is 5.75 Å². The Morgan fingerprint density at radius 1 is 1.28 bits per heavy atom. The van der Waals surface area contributed by atoms with Gasteiger partial charge in [-0.25, -0.2) is 0 Å². The molecule has 100 valence electrons. The summed E-state index contributed by atoms with van der Waals surface area (Å²) in [6, 6.07) is 8.65. The van der Waals surface area contributed by atoms with Gasteiger partial charge in [0.25, 0.3) is 0 Å². The van der Waals surface area contributed by atoms with Crippen molar-refractivity contribution in [2.24, 2.45) is 0 Å². The van der Waals surface area contributed by atoms with Gasteiger partial charge in [-0.1, -0.05) is 12.1 Å². The summed E-state index contributed by atoms with van der Waals surface area (Å²) in [6.07, 6.45) is 2.81. The number of nitrogens with one attached hydrogen (secondary N) is 1. The molecule has 1 aliphatic carbocycles. The third-order valence-electron chi connectivity index (χ3n) is 3.11. The molecule has 3 heteroatoms. The van der Waals surface area contributed by atoms with Crippen molar-refractivity contribution in [2.45, 2.75) is 51.9 Å². The van der Waals surface area contributed by atoms with Crippen molar-refractivity contribution in [2.75, 3.05) is 11.9 Å². The fraction of sp³-hybridized carbons (Fsp3) is 0.600. The molecule has 18 heavy (non-hydrogen) atoms. The van der Waals surface area contributed by atoms with Gasteiger partial charge in [0.2, 0.25) is 0 Å². The largest absolute Gasteiger partial charge is 0.489 e. The molecule has 0 spiro atoms. The number of para-hydroxylation sites is 2. The number of benzene rings is 1. The Bertz CT molecular complexity index is 373. The van der Waals surface area contributed by atoms with Crippen LogP contribution in [0.5, 0.6) is 5.75 Å². The molecule has 1 aliphatic rings. The lowest BCUT2D eigenvalue weighted by Crippen LogP contribution is -2.40. The Labute approximate surface area is 109 Å². The molecule has 0 amide bonds. The fourth-order valence-electron chi connectivity index (χ4n) is 2.22. The molecule has 0 saturated heterocycles. The zero-order valence-corrected chi connectivity index (χ0v) is 11.5. The first-order valence-corrected chi connectivity index (χ1v) is 6.83. The summed E-state index contributed by atoms with van der Waals surface area (Å²) in [7, 11) is 0. The van der Waals surface area contributed by atoms with Crippen LogP contribution < -0.4 is 10.1 Å². The minimum atomic E-state index is 0.200. The Morgan fingerprint density at radius 2 is 2.00 bits per heavy atom. The third kappa shape index (κ3) is 3.39. The van der Waals surface area contributed by atoms with E-state index in [1.54, 1.807) is 0 Å². The molecular formula is C15H23NO2. The highest BCUT2D eigenvalue weighted by molar-refractivity contribution is 5.57. The first kappa shape index (κ1) is 13.2. The second kappa shape index (κ2) is 6.10. The van der Waals surface area contributed by atoms with Gasteiger partial charge in [-0.15, -0.1) is 0 Å². The van der Waals surface area contributed by atoms with E-state index >= 15 is 0 Å². The number of hydrogen-bond donors (Lipinski definition) is 1. The molecule has 2 rings (SSSR count). The summed E-state index contributed by atoms with van der Waals surface area (Å²) in [5.74, 6) is 0.937. The van der Waals surface area contributed by atoms with Crippen molar-refractivity contribution in [1.82, 2.24) is 0 Å². The smallest absolute Gasteiger partial charge is 0.142 e. The first-order valence-electron chi connectivity index (χ1n) is 6.83. The normalized spacial score (nSPS) is 22.7. The van der Waals surface area contributed by atoms with E-state index in [2.05, 4.69) is 11.4 Å². The Hall–Kier alpha value is -1.22. The first-order chi connectivity index (χ1) is 8.69. The molecule has 0 aromatic heterocycles. The van der Waals surface area contributed by atoms with Gasteiger partial charge < -0.3 is 14.8 Å². The van der Waals surface area contributed by atoms with Crippen LogP contribution in [-0.2, 0) is 4.74 Å². The number of ether oxygens (including phenoxy) is 2. The highest BCUT2D eigenvalue weighted by Crippen LogP contribution is 2.31. The topological polar surface area (TPSA) is 30.5 Å². The molecule has 1 saturated carbocycles. The van der Waals surface area contributed by atoms with Gasteiger partial charge in [-0.05, 0) is 45.7 Å². The van der Waals surface area contributed by atoms with Gasteiger partial charge in [0, 0.05) is 12.6 Å². The second-order valence-electron chi connectivity index (χ2n) is 5.05. The lowest BCUT2D eigenvalue weighted by atomic mass is 9.89. The lowest BCUT2D eigenvalue weighted by molar-refractivity contribution is 0.00293. The van der Waals surface area contributed by atoms with Crippen LogP contribution in [-0.4, -0.2) is 24.9 Å². The van der Waals surface area contributed by atoms with E-state index in [4.69, 9.17) is 9.47 Å². The van der Waals surface area contributed by atoms with Crippen LogP contribution in [0, 0.1) is 0 Å². The monoisotopic (exact) mass is 249 g/mol. The predicted molar refractivity (Wildman–Crippen MR) is 74.3 cm³/mol. The van der Waals surface area contributed by atoms with Crippen molar-refractivity contribution in [3.63, 3.8) is 0 Å². The van der Waals surface area contributed by atoms with Crippen molar-refractivity contribution >= 4 is 5.69 Å². The Balaban J connectivity index is 1.90. The SMILES string of the molecule is CCOC1CC(Nc2ccccc2OC(C)C)C1. The minimum Gasteiger partial charge on any atom is -0.489 e. The molecule has 0 atom stereocenters. The van der Waals surface area contributed by atoms with Gasteiger partial charge in [-0.2, -0.15) is 0 Å². The number of anilines is 1. The maximum Gasteiger partial charge on any atom is 0.142 e. The maximum absolute atomic E-state index is 5.80. The zero-order chi connectivity index (χ0) is 13.0. The van der Waals surface area contributed by atoms with Crippen LogP contribution in [0.2, 0.25) is 0 Å². The van der Waals surface area contributed by atoms with Crippen molar-refractivity contribution in [3.8, 4) is 5.75 Å². The van der Waals surface area contributed by atoms with Crippen molar-refractivity contribution in [3.05, 3.63) is 24.3 Å². The van der Waals surface area contributed by atoms with E-state index < -0.39 is 0 Å². The highest BCUT2D eigenvalue weighted by atomic mass is 16.5. The average molecular weight is 249 g/mol. The van der Waals surface area contributed by atoms with E-state index in [9.17, 15) is 0 Å². The van der Waals surface area contributed by atoms with Crippen LogP contribution in [0.3, 0.4) is 0 Å². The summed E-state index contributed by atoms with van der Waals surface area (Å²) in [4.78, 5) is 0. The van der Waals surface area contributed by atoms with E-state index in [1.807, 2.05) is 39.0 Å². The van der Waals surface area contributed by atoms with E-state index in [-0.39, 0.29) is 6.10 Å². The van der Waals surface area contributed by atoms with Crippen molar-refractivity contribution < 1.29 is 9.47 Å². The summed E-state index contributed by atoms with van der Waals surface area (Å²) in [5, 5.41) is 3.54. The highest BCUT2D eigenvalue weighted by Gasteiger charge is 2.29. The standard InChI is InChI=1S/C15H23NO2/c1-4-17-13-9-12(10-13)16-14-7-5-6-8-15(14)18-11(2)3/h5-8,11-13,16H,4,9-10H2,1-3H3. The number of hydrogen-bond acceptors (Lipinski definition) is 3. The average Bonchev–Trinajstić information content (AvgIpc) is 2.28. The molecule has 0 heterocycles. The Kier molecular flexibility index (Phi) is 4.48. The van der Waals surface area contributed by atoms with Gasteiger partial charge >= 0.3 is 0 Å². The molecule has 1 aromatic rings. The summed E-state index contributed by atoms with van der Waals surface area (Å²) >= 11 is 0. The number of rotatable bonds is 6. The van der Waals surface area contributed by atoms with Crippen LogP contribution in [0.4, 0.5) is 5.69 Å². The van der Waals surface area contributed by atoms with E-state index in [0.29, 0.717) is 12.1 Å². The molecule has 0 unspecified atom stereocenters. The predicted octanol–water partition coefficient (Wildman–Crippen LogP) is 3.45. The van der Waals surface area contributed by atoms with Gasteiger partial charge in [-0.3, -0.25) is 0 Å². The van der Waals surface area contributed by atoms with Crippen LogP contribution >= 0.6 is 0 Å². The van der Waals surface area contributed by atoms with Gasteiger partial charge in [0.15, 0.2) is 0 Å². The van der Waals surface area contributed by atoms with Crippen LogP contribution in [0.15, 0.2) is 24.3 Å². The summed E-state index contributed by atoms with van der Waals surface area (Å²) < 4.78 is 11.4. The Morgan fingerprint density at radius 3 is 2.67 bits per heavy atom. The van der Waals surface area contributed by atoms with Crippen molar-refractivity contribution in [1.29, 1.82) is 0 Å². The second-order valence-corrected chi connectivity index (χ2v) is 5.05. The van der Waals surface area contributed by atoms with E-state index in [0.717, 1.165) is 30.9 Å². The molecule has 3 nitrogen and oxygen atoms in total. The summed E-state index contributed by atoms with van der Waals surface area (Å²) in [5.41, 5.74) is 1.09. The molecular weight excluding hydrogens is 226 g/mol. The minimum absolute atomic E-state index is 0.200. The fourth-order valence-corrected chi connectivity index (χ4v) is 2.22. The quantitative estimate of drug-likeness (QED) is 0.837. The zero-order valence-electron chi connectivity index (χ0n) is 11.5. The molecule has 0 bridgehead atoms.